The van der Waals surface area contributed by atoms with E-state index in [1.807, 2.05) is 0 Å². The van der Waals surface area contributed by atoms with E-state index in [4.69, 9.17) is 0 Å². The van der Waals surface area contributed by atoms with Crippen LogP contribution in [-0.2, 0) is 4.79 Å². The molecule has 0 aliphatic rings. The van der Waals surface area contributed by atoms with Crippen LogP contribution in [0.1, 0.15) is 92.9 Å². The average molecular weight is 298 g/mol. The standard InChI is InChI=1S/C19H39NO/c1-18(2,3)13-10-8-7-9-11-15-20-16-17(21)12-14-19(4,5)6/h20H,7-16H2,1-6H3. The van der Waals surface area contributed by atoms with Crippen LogP contribution in [0.3, 0.4) is 0 Å². The summed E-state index contributed by atoms with van der Waals surface area (Å²) in [7, 11) is 0. The fourth-order valence-corrected chi connectivity index (χ4v) is 2.27. The van der Waals surface area contributed by atoms with Crippen molar-refractivity contribution in [2.45, 2.75) is 92.9 Å². The van der Waals surface area contributed by atoms with Crippen molar-refractivity contribution in [2.24, 2.45) is 10.8 Å². The van der Waals surface area contributed by atoms with Crippen LogP contribution in [0, 0.1) is 10.8 Å². The number of carbonyl (C=O) groups excluding carboxylic acids is 1. The quantitative estimate of drug-likeness (QED) is 0.520. The minimum atomic E-state index is 0.267. The van der Waals surface area contributed by atoms with Gasteiger partial charge in [0, 0.05) is 6.42 Å². The number of unbranched alkanes of at least 4 members (excludes halogenated alkanes) is 4. The Morgan fingerprint density at radius 1 is 0.762 bits per heavy atom. The lowest BCUT2D eigenvalue weighted by Crippen LogP contribution is -2.24. The van der Waals surface area contributed by atoms with E-state index >= 15 is 0 Å². The first-order chi connectivity index (χ1) is 9.60. The minimum Gasteiger partial charge on any atom is -0.310 e. The minimum absolute atomic E-state index is 0.267. The van der Waals surface area contributed by atoms with E-state index in [1.54, 1.807) is 0 Å². The van der Waals surface area contributed by atoms with Gasteiger partial charge in [-0.1, -0.05) is 67.2 Å². The van der Waals surface area contributed by atoms with Crippen molar-refractivity contribution in [1.82, 2.24) is 5.32 Å². The van der Waals surface area contributed by atoms with Gasteiger partial charge in [0.1, 0.15) is 5.78 Å². The van der Waals surface area contributed by atoms with Crippen molar-refractivity contribution in [3.05, 3.63) is 0 Å². The predicted molar refractivity (Wildman–Crippen MR) is 93.7 cm³/mol. The molecule has 0 aromatic heterocycles. The molecule has 0 saturated carbocycles. The number of carbonyl (C=O) groups is 1. The SMILES string of the molecule is CC(C)(C)CCCCCCCNCC(=O)CCC(C)(C)C. The van der Waals surface area contributed by atoms with Gasteiger partial charge in [0.15, 0.2) is 0 Å². The summed E-state index contributed by atoms with van der Waals surface area (Å²) in [6, 6.07) is 0. The van der Waals surface area contributed by atoms with Crippen molar-refractivity contribution < 1.29 is 4.79 Å². The molecular weight excluding hydrogens is 258 g/mol. The Labute approximate surface area is 133 Å². The highest BCUT2D eigenvalue weighted by atomic mass is 16.1. The molecule has 21 heavy (non-hydrogen) atoms. The highest BCUT2D eigenvalue weighted by Gasteiger charge is 2.12. The molecule has 0 aromatic rings. The summed E-state index contributed by atoms with van der Waals surface area (Å²) in [5.41, 5.74) is 0.748. The van der Waals surface area contributed by atoms with Gasteiger partial charge in [0.05, 0.1) is 6.54 Å². The fraction of sp³-hybridized carbons (Fsp3) is 0.947. The Morgan fingerprint density at radius 2 is 1.29 bits per heavy atom. The van der Waals surface area contributed by atoms with Gasteiger partial charge in [-0.05, 0) is 36.6 Å². The van der Waals surface area contributed by atoms with Crippen LogP contribution in [0.2, 0.25) is 0 Å². The van der Waals surface area contributed by atoms with E-state index in [0.29, 0.717) is 24.2 Å². The number of ketones is 1. The first-order valence-corrected chi connectivity index (χ1v) is 8.83. The van der Waals surface area contributed by atoms with Crippen LogP contribution in [-0.4, -0.2) is 18.9 Å². The van der Waals surface area contributed by atoms with E-state index in [2.05, 4.69) is 46.9 Å². The van der Waals surface area contributed by atoms with E-state index < -0.39 is 0 Å². The van der Waals surface area contributed by atoms with E-state index in [1.165, 1.54) is 38.5 Å². The van der Waals surface area contributed by atoms with Gasteiger partial charge in [-0.25, -0.2) is 0 Å². The molecule has 0 spiro atoms. The lowest BCUT2D eigenvalue weighted by molar-refractivity contribution is -0.118. The van der Waals surface area contributed by atoms with Crippen molar-refractivity contribution in [3.8, 4) is 0 Å². The second kappa shape index (κ2) is 10.4. The number of nitrogens with one attached hydrogen (secondary N) is 1. The average Bonchev–Trinajstić information content (AvgIpc) is 2.32. The lowest BCUT2D eigenvalue weighted by Gasteiger charge is -2.17. The lowest BCUT2D eigenvalue weighted by atomic mass is 9.89. The third-order valence-corrected chi connectivity index (χ3v) is 3.76. The monoisotopic (exact) mass is 297 g/mol. The zero-order valence-corrected chi connectivity index (χ0v) is 15.5. The molecule has 2 nitrogen and oxygen atoms in total. The Kier molecular flexibility index (Phi) is 10.2. The maximum atomic E-state index is 11.7. The maximum absolute atomic E-state index is 11.7. The molecule has 0 aliphatic heterocycles. The molecule has 126 valence electrons. The van der Waals surface area contributed by atoms with Crippen LogP contribution in [0.15, 0.2) is 0 Å². The van der Waals surface area contributed by atoms with E-state index in [0.717, 1.165) is 13.0 Å². The summed E-state index contributed by atoms with van der Waals surface area (Å²) in [5.74, 6) is 0.357. The summed E-state index contributed by atoms with van der Waals surface area (Å²) < 4.78 is 0. The first kappa shape index (κ1) is 20.6. The van der Waals surface area contributed by atoms with Gasteiger partial charge in [-0.15, -0.1) is 0 Å². The van der Waals surface area contributed by atoms with Gasteiger partial charge in [-0.3, -0.25) is 4.79 Å². The highest BCUT2D eigenvalue weighted by Crippen LogP contribution is 2.22. The molecule has 0 atom stereocenters. The van der Waals surface area contributed by atoms with Gasteiger partial charge in [0.25, 0.3) is 0 Å². The highest BCUT2D eigenvalue weighted by molar-refractivity contribution is 5.80. The smallest absolute Gasteiger partial charge is 0.146 e. The van der Waals surface area contributed by atoms with Gasteiger partial charge < -0.3 is 5.32 Å². The Morgan fingerprint density at radius 3 is 1.86 bits per heavy atom. The van der Waals surface area contributed by atoms with Gasteiger partial charge >= 0.3 is 0 Å². The third kappa shape index (κ3) is 17.6. The summed E-state index contributed by atoms with van der Waals surface area (Å²) in [6.07, 6.45) is 9.53. The summed E-state index contributed by atoms with van der Waals surface area (Å²) in [6.45, 7) is 15.0. The summed E-state index contributed by atoms with van der Waals surface area (Å²) >= 11 is 0. The second-order valence-corrected chi connectivity index (χ2v) is 8.85. The van der Waals surface area contributed by atoms with Crippen LogP contribution in [0.5, 0.6) is 0 Å². The van der Waals surface area contributed by atoms with Crippen LogP contribution in [0.4, 0.5) is 0 Å². The molecule has 0 heterocycles. The molecule has 0 fully saturated rings. The van der Waals surface area contributed by atoms with Gasteiger partial charge in [-0.2, -0.15) is 0 Å². The number of Topliss-reactive ketones (excluding diaryl/α,β-unsaturated/α-hetero) is 1. The number of rotatable bonds is 11. The predicted octanol–water partition coefficient (Wildman–Crippen LogP) is 5.36. The van der Waals surface area contributed by atoms with Crippen LogP contribution < -0.4 is 5.32 Å². The normalized spacial score (nSPS) is 12.7. The van der Waals surface area contributed by atoms with Crippen LogP contribution >= 0.6 is 0 Å². The first-order valence-electron chi connectivity index (χ1n) is 8.83. The molecule has 0 unspecified atom stereocenters. The second-order valence-electron chi connectivity index (χ2n) is 8.85. The molecule has 0 rings (SSSR count). The van der Waals surface area contributed by atoms with Gasteiger partial charge in [0.2, 0.25) is 0 Å². The molecule has 0 saturated heterocycles. The Balaban J connectivity index is 3.31. The molecule has 0 amide bonds. The Bertz CT molecular complexity index is 270. The fourth-order valence-electron chi connectivity index (χ4n) is 2.27. The zero-order valence-electron chi connectivity index (χ0n) is 15.5. The largest absolute Gasteiger partial charge is 0.310 e. The van der Waals surface area contributed by atoms with Crippen molar-refractivity contribution >= 4 is 5.78 Å². The molecule has 0 radical (unpaired) electrons. The maximum Gasteiger partial charge on any atom is 0.146 e. The van der Waals surface area contributed by atoms with Crippen molar-refractivity contribution in [3.63, 3.8) is 0 Å². The number of hydrogen-bond donors (Lipinski definition) is 1. The van der Waals surface area contributed by atoms with E-state index in [9.17, 15) is 4.79 Å². The molecular formula is C19H39NO. The Hall–Kier alpha value is -0.370. The molecule has 0 bridgehead atoms. The third-order valence-electron chi connectivity index (χ3n) is 3.76. The topological polar surface area (TPSA) is 29.1 Å². The van der Waals surface area contributed by atoms with Crippen LogP contribution in [0.25, 0.3) is 0 Å². The molecule has 1 N–H and O–H groups in total. The molecule has 0 aromatic carbocycles. The summed E-state index contributed by atoms with van der Waals surface area (Å²) in [5, 5.41) is 3.29. The van der Waals surface area contributed by atoms with Crippen molar-refractivity contribution in [2.75, 3.05) is 13.1 Å². The number of hydrogen-bond acceptors (Lipinski definition) is 2. The van der Waals surface area contributed by atoms with E-state index in [-0.39, 0.29) is 5.41 Å². The summed E-state index contributed by atoms with van der Waals surface area (Å²) in [4.78, 5) is 11.7. The van der Waals surface area contributed by atoms with Crippen molar-refractivity contribution in [1.29, 1.82) is 0 Å². The molecule has 0 aliphatic carbocycles. The zero-order chi connectivity index (χ0) is 16.4. The molecule has 2 heteroatoms.